The predicted octanol–water partition coefficient (Wildman–Crippen LogP) is 6.18. The van der Waals surface area contributed by atoms with Gasteiger partial charge in [0.1, 0.15) is 11.7 Å². The minimum atomic E-state index is -2.97. The molecule has 11 heteroatoms. The lowest BCUT2D eigenvalue weighted by Gasteiger charge is -2.33. The van der Waals surface area contributed by atoms with Gasteiger partial charge in [-0.2, -0.15) is 0 Å². The van der Waals surface area contributed by atoms with Crippen molar-refractivity contribution >= 4 is 46.2 Å². The van der Waals surface area contributed by atoms with Gasteiger partial charge in [0.2, 0.25) is 0 Å². The first-order chi connectivity index (χ1) is 19.1. The number of hydrogen-bond acceptors (Lipinski definition) is 6. The van der Waals surface area contributed by atoms with E-state index >= 15 is 0 Å². The third-order valence-corrected chi connectivity index (χ3v) is 8.11. The van der Waals surface area contributed by atoms with E-state index in [1.54, 1.807) is 55.6 Å². The van der Waals surface area contributed by atoms with Gasteiger partial charge in [-0.05, 0) is 56.6 Å². The number of halogens is 2. The molecule has 2 N–H and O–H groups in total. The largest absolute Gasteiger partial charge is 0.464 e. The second kappa shape index (κ2) is 12.8. The fourth-order valence-corrected chi connectivity index (χ4v) is 5.83. The van der Waals surface area contributed by atoms with Crippen LogP contribution in [0.2, 0.25) is 0 Å². The summed E-state index contributed by atoms with van der Waals surface area (Å²) in [5.74, 6) is -3.47. The Morgan fingerprint density at radius 1 is 1.20 bits per heavy atom. The van der Waals surface area contributed by atoms with Gasteiger partial charge >= 0.3 is 5.97 Å². The number of alkyl halides is 2. The summed E-state index contributed by atoms with van der Waals surface area (Å²) in [5, 5.41) is 9.09. The number of benzene rings is 2. The quantitative estimate of drug-likeness (QED) is 0.241. The summed E-state index contributed by atoms with van der Waals surface area (Å²) in [5.41, 5.74) is 1.97. The van der Waals surface area contributed by atoms with E-state index < -0.39 is 12.0 Å². The van der Waals surface area contributed by atoms with E-state index in [0.29, 0.717) is 47.3 Å². The minimum absolute atomic E-state index is 0.0913. The van der Waals surface area contributed by atoms with E-state index in [4.69, 9.17) is 17.0 Å². The Hall–Kier alpha value is -3.44. The normalized spacial score (nSPS) is 14.9. The molecule has 0 radical (unpaired) electrons. The van der Waals surface area contributed by atoms with Crippen molar-refractivity contribution in [3.05, 3.63) is 70.2 Å². The molecule has 0 aliphatic carbocycles. The van der Waals surface area contributed by atoms with Crippen molar-refractivity contribution in [1.82, 2.24) is 15.2 Å². The summed E-state index contributed by atoms with van der Waals surface area (Å²) >= 11 is 6.93. The lowest BCUT2D eigenvalue weighted by Crippen LogP contribution is -2.49. The van der Waals surface area contributed by atoms with Crippen molar-refractivity contribution < 1.29 is 23.1 Å². The van der Waals surface area contributed by atoms with E-state index in [9.17, 15) is 18.4 Å². The van der Waals surface area contributed by atoms with E-state index in [0.717, 1.165) is 24.8 Å². The van der Waals surface area contributed by atoms with E-state index in [-0.39, 0.29) is 23.4 Å². The molecule has 1 amide bonds. The van der Waals surface area contributed by atoms with Gasteiger partial charge in [-0.25, -0.2) is 18.6 Å². The first-order valence-electron chi connectivity index (χ1n) is 13.1. The topological polar surface area (TPSA) is 83.6 Å². The zero-order chi connectivity index (χ0) is 28.9. The molecular formula is C29H32F2N4O3S2. The third kappa shape index (κ3) is 7.19. The van der Waals surface area contributed by atoms with Crippen LogP contribution in [0.25, 0.3) is 11.1 Å². The third-order valence-electron chi connectivity index (χ3n) is 6.72. The fraction of sp³-hybridized carbons (Fsp3) is 0.379. The summed E-state index contributed by atoms with van der Waals surface area (Å²) in [6.07, 6.45) is 1.62. The molecule has 1 atom stereocenters. The Morgan fingerprint density at radius 3 is 2.62 bits per heavy atom. The number of thiocarbonyl (C=S) groups is 1. The average molecular weight is 587 g/mol. The number of thiazole rings is 1. The Balaban J connectivity index is 1.38. The highest BCUT2D eigenvalue weighted by Crippen LogP contribution is 2.34. The van der Waals surface area contributed by atoms with Crippen LogP contribution in [0.3, 0.4) is 0 Å². The molecule has 0 saturated carbocycles. The van der Waals surface area contributed by atoms with E-state index in [1.165, 1.54) is 23.5 Å². The van der Waals surface area contributed by atoms with Crippen LogP contribution in [0.15, 0.2) is 53.9 Å². The lowest BCUT2D eigenvalue weighted by atomic mass is 9.98. The zero-order valence-electron chi connectivity index (χ0n) is 22.6. The van der Waals surface area contributed by atoms with Gasteiger partial charge in [0.05, 0.1) is 11.6 Å². The van der Waals surface area contributed by atoms with Crippen molar-refractivity contribution in [3.8, 4) is 11.1 Å². The van der Waals surface area contributed by atoms with Crippen LogP contribution in [0.1, 0.15) is 60.6 Å². The smallest absolute Gasteiger partial charge is 0.328 e. The molecule has 2 aromatic carbocycles. The molecule has 1 aromatic heterocycles. The van der Waals surface area contributed by atoms with Crippen LogP contribution < -0.4 is 10.6 Å². The number of carbonyl (C=O) groups excluding carboxylic acids is 2. The number of para-hydroxylation sites is 1. The maximum absolute atomic E-state index is 13.9. The number of nitrogens with one attached hydrogen (secondary N) is 2. The number of carbonyl (C=O) groups is 2. The van der Waals surface area contributed by atoms with Crippen LogP contribution in [-0.4, -0.2) is 52.6 Å². The summed E-state index contributed by atoms with van der Waals surface area (Å²) in [4.78, 5) is 31.6. The Bertz CT molecular complexity index is 1370. The fourth-order valence-electron chi connectivity index (χ4n) is 4.50. The number of esters is 1. The van der Waals surface area contributed by atoms with Gasteiger partial charge in [0, 0.05) is 48.1 Å². The first kappa shape index (κ1) is 29.5. The molecule has 1 fully saturated rings. The highest BCUT2D eigenvalue weighted by Gasteiger charge is 2.27. The number of aromatic nitrogens is 1. The van der Waals surface area contributed by atoms with Gasteiger partial charge < -0.3 is 20.3 Å². The summed E-state index contributed by atoms with van der Waals surface area (Å²) in [7, 11) is 0. The van der Waals surface area contributed by atoms with Crippen LogP contribution in [-0.2, 0) is 15.5 Å². The molecule has 1 aliphatic rings. The number of rotatable bonds is 8. The van der Waals surface area contributed by atoms with Gasteiger partial charge in [-0.3, -0.25) is 4.79 Å². The van der Waals surface area contributed by atoms with Crippen molar-refractivity contribution in [2.24, 2.45) is 0 Å². The monoisotopic (exact) mass is 586 g/mol. The van der Waals surface area contributed by atoms with Crippen molar-refractivity contribution in [2.45, 2.75) is 51.5 Å². The first-order valence-corrected chi connectivity index (χ1v) is 14.4. The zero-order valence-corrected chi connectivity index (χ0v) is 24.2. The van der Waals surface area contributed by atoms with Gasteiger partial charge in [0.25, 0.3) is 11.8 Å². The summed E-state index contributed by atoms with van der Waals surface area (Å²) in [6, 6.07) is 12.7. The predicted molar refractivity (Wildman–Crippen MR) is 157 cm³/mol. The maximum atomic E-state index is 13.9. The van der Waals surface area contributed by atoms with E-state index in [2.05, 4.69) is 15.6 Å². The van der Waals surface area contributed by atoms with Crippen LogP contribution in [0, 0.1) is 0 Å². The van der Waals surface area contributed by atoms with E-state index in [1.807, 2.05) is 4.90 Å². The van der Waals surface area contributed by atoms with Gasteiger partial charge in [0.15, 0.2) is 5.11 Å². The molecule has 3 aromatic rings. The molecule has 0 spiro atoms. The van der Waals surface area contributed by atoms with Crippen LogP contribution in [0.4, 0.5) is 14.5 Å². The average Bonchev–Trinajstić information content (AvgIpc) is 3.44. The van der Waals surface area contributed by atoms with Gasteiger partial charge in [-0.15, -0.1) is 11.3 Å². The van der Waals surface area contributed by atoms with Crippen LogP contribution >= 0.6 is 23.6 Å². The molecular weight excluding hydrogens is 554 g/mol. The molecule has 4 rings (SSSR count). The molecule has 0 bridgehead atoms. The number of hydrogen-bond donors (Lipinski definition) is 2. The maximum Gasteiger partial charge on any atom is 0.328 e. The molecule has 40 heavy (non-hydrogen) atoms. The highest BCUT2D eigenvalue weighted by atomic mass is 32.1. The molecule has 1 aliphatic heterocycles. The Kier molecular flexibility index (Phi) is 9.47. The van der Waals surface area contributed by atoms with Crippen molar-refractivity contribution in [3.63, 3.8) is 0 Å². The lowest BCUT2D eigenvalue weighted by molar-refractivity contribution is -0.144. The number of amides is 1. The molecule has 1 unspecified atom stereocenters. The molecule has 2 heterocycles. The number of piperidine rings is 1. The van der Waals surface area contributed by atoms with Crippen molar-refractivity contribution in [2.75, 3.05) is 25.0 Å². The second-order valence-corrected chi connectivity index (χ2v) is 11.0. The molecule has 1 saturated heterocycles. The van der Waals surface area contributed by atoms with Crippen LogP contribution in [0.5, 0.6) is 0 Å². The van der Waals surface area contributed by atoms with Crippen molar-refractivity contribution in [1.29, 1.82) is 0 Å². The minimum Gasteiger partial charge on any atom is -0.464 e. The molecule has 212 valence electrons. The number of ether oxygens (including phenoxy) is 1. The van der Waals surface area contributed by atoms with Gasteiger partial charge in [-0.1, -0.05) is 36.4 Å². The second-order valence-electron chi connectivity index (χ2n) is 9.72. The number of anilines is 1. The standard InChI is InChI=1S/C29H32F2N4O3S2/c1-4-38-27(37)18(2)32-28(39)35-14-12-19(13-15-35)26-34-24(17-40-26)25(36)33-23-11-6-5-10-22(23)20-8-7-9-21(16-20)29(3,30)31/h5-11,16-19H,4,12-15H2,1-3H3,(H,32,39)(H,33,36). The number of nitrogens with zero attached hydrogens (tertiary/aromatic N) is 2. The summed E-state index contributed by atoms with van der Waals surface area (Å²) in [6.45, 7) is 6.07. The Labute approximate surface area is 241 Å². The molecule has 7 nitrogen and oxygen atoms in total. The SMILES string of the molecule is CCOC(=O)C(C)NC(=S)N1CCC(c2nc(C(=O)Nc3ccccc3-c3cccc(C(C)(F)F)c3)cs2)CC1. The summed E-state index contributed by atoms with van der Waals surface area (Å²) < 4.78 is 32.8. The highest BCUT2D eigenvalue weighted by molar-refractivity contribution is 7.80. The Morgan fingerprint density at radius 2 is 1.93 bits per heavy atom. The number of likely N-dealkylation sites (tertiary alicyclic amines) is 1.